The van der Waals surface area contributed by atoms with Crippen LogP contribution in [0.3, 0.4) is 0 Å². The average Bonchev–Trinajstić information content (AvgIpc) is 2.49. The molecule has 0 fully saturated rings. The van der Waals surface area contributed by atoms with Crippen molar-refractivity contribution in [3.63, 3.8) is 0 Å². The smallest absolute Gasteiger partial charge is 0.133 e. The highest BCUT2D eigenvalue weighted by molar-refractivity contribution is 9.10. The maximum atomic E-state index is 10.4. The van der Waals surface area contributed by atoms with Gasteiger partial charge in [-0.2, -0.15) is 0 Å². The Morgan fingerprint density at radius 1 is 1.15 bits per heavy atom. The van der Waals surface area contributed by atoms with Crippen LogP contribution in [0.25, 0.3) is 0 Å². The summed E-state index contributed by atoms with van der Waals surface area (Å²) in [6.45, 7) is 2.57. The molecule has 0 aliphatic carbocycles. The predicted molar refractivity (Wildman–Crippen MR) is 87.6 cm³/mol. The van der Waals surface area contributed by atoms with E-state index in [1.54, 1.807) is 11.8 Å². The molecular weight excluding hydrogens is 336 g/mol. The van der Waals surface area contributed by atoms with E-state index in [1.807, 2.05) is 55.6 Å². The van der Waals surface area contributed by atoms with Crippen molar-refractivity contribution in [2.24, 2.45) is 0 Å². The highest BCUT2D eigenvalue weighted by Gasteiger charge is 2.12. The molecule has 0 aliphatic heterocycles. The molecule has 4 heteroatoms. The number of thioether (sulfide) groups is 1. The van der Waals surface area contributed by atoms with Gasteiger partial charge in [0.25, 0.3) is 0 Å². The van der Waals surface area contributed by atoms with Crippen molar-refractivity contribution in [3.8, 4) is 5.75 Å². The molecule has 2 rings (SSSR count). The number of aliphatic hydroxyl groups excluding tert-OH is 1. The molecule has 2 nitrogen and oxygen atoms in total. The lowest BCUT2D eigenvalue weighted by Gasteiger charge is -2.14. The van der Waals surface area contributed by atoms with E-state index in [0.29, 0.717) is 6.61 Å². The van der Waals surface area contributed by atoms with E-state index in [9.17, 15) is 5.11 Å². The number of hydrogen-bond acceptors (Lipinski definition) is 3. The predicted octanol–water partition coefficient (Wildman–Crippen LogP) is 4.65. The Morgan fingerprint density at radius 2 is 1.80 bits per heavy atom. The third kappa shape index (κ3) is 3.57. The molecule has 0 saturated carbocycles. The number of halogens is 1. The van der Waals surface area contributed by atoms with Gasteiger partial charge in [0.05, 0.1) is 11.1 Å². The summed E-state index contributed by atoms with van der Waals surface area (Å²) in [5, 5.41) is 10.4. The second kappa shape index (κ2) is 7.16. The number of hydrogen-bond donors (Lipinski definition) is 1. The van der Waals surface area contributed by atoms with Crippen molar-refractivity contribution in [2.75, 3.05) is 12.9 Å². The number of benzene rings is 2. The van der Waals surface area contributed by atoms with E-state index in [4.69, 9.17) is 4.74 Å². The Balaban J connectivity index is 2.23. The topological polar surface area (TPSA) is 29.5 Å². The van der Waals surface area contributed by atoms with Crippen molar-refractivity contribution >= 4 is 27.7 Å². The van der Waals surface area contributed by atoms with Crippen LogP contribution < -0.4 is 4.74 Å². The molecule has 0 spiro atoms. The highest BCUT2D eigenvalue weighted by atomic mass is 79.9. The first-order chi connectivity index (χ1) is 9.65. The summed E-state index contributed by atoms with van der Waals surface area (Å²) < 4.78 is 6.33. The van der Waals surface area contributed by atoms with Crippen molar-refractivity contribution in [1.82, 2.24) is 0 Å². The normalized spacial score (nSPS) is 12.2. The molecule has 0 bridgehead atoms. The van der Waals surface area contributed by atoms with Crippen LogP contribution in [0.5, 0.6) is 5.75 Å². The highest BCUT2D eigenvalue weighted by Crippen LogP contribution is 2.31. The number of aliphatic hydroxyl groups is 1. The lowest BCUT2D eigenvalue weighted by atomic mass is 10.0. The van der Waals surface area contributed by atoms with Gasteiger partial charge >= 0.3 is 0 Å². The second-order valence-electron chi connectivity index (χ2n) is 4.30. The van der Waals surface area contributed by atoms with Gasteiger partial charge in [0, 0.05) is 4.90 Å². The Hall–Kier alpha value is -0.970. The molecule has 0 aromatic heterocycles. The molecule has 1 atom stereocenters. The van der Waals surface area contributed by atoms with Crippen LogP contribution >= 0.6 is 27.7 Å². The molecule has 2 aromatic rings. The summed E-state index contributed by atoms with van der Waals surface area (Å²) in [7, 11) is 0. The Labute approximate surface area is 132 Å². The molecule has 20 heavy (non-hydrogen) atoms. The van der Waals surface area contributed by atoms with Gasteiger partial charge < -0.3 is 9.84 Å². The van der Waals surface area contributed by atoms with Crippen LogP contribution in [0, 0.1) is 0 Å². The molecule has 106 valence electrons. The van der Waals surface area contributed by atoms with Gasteiger partial charge in [-0.05, 0) is 64.5 Å². The van der Waals surface area contributed by atoms with Gasteiger partial charge in [-0.25, -0.2) is 0 Å². The zero-order valence-electron chi connectivity index (χ0n) is 11.5. The van der Waals surface area contributed by atoms with Crippen molar-refractivity contribution in [2.45, 2.75) is 17.9 Å². The molecule has 1 unspecified atom stereocenters. The minimum atomic E-state index is -0.627. The third-order valence-electron chi connectivity index (χ3n) is 3.00. The molecule has 0 aliphatic rings. The molecule has 0 saturated heterocycles. The monoisotopic (exact) mass is 352 g/mol. The lowest BCUT2D eigenvalue weighted by Crippen LogP contribution is -2.00. The van der Waals surface area contributed by atoms with Crippen LogP contribution in [0.15, 0.2) is 51.8 Å². The Morgan fingerprint density at radius 3 is 2.35 bits per heavy atom. The largest absolute Gasteiger partial charge is 0.493 e. The molecule has 1 N–H and O–H groups in total. The molecule has 0 amide bonds. The summed E-state index contributed by atoms with van der Waals surface area (Å²) in [4.78, 5) is 1.19. The Kier molecular flexibility index (Phi) is 5.52. The lowest BCUT2D eigenvalue weighted by molar-refractivity contribution is 0.220. The first kappa shape index (κ1) is 15.4. The fraction of sp³-hybridized carbons (Fsp3) is 0.250. The van der Waals surface area contributed by atoms with Gasteiger partial charge in [-0.3, -0.25) is 0 Å². The minimum Gasteiger partial charge on any atom is -0.493 e. The first-order valence-corrected chi connectivity index (χ1v) is 8.41. The summed E-state index contributed by atoms with van der Waals surface area (Å²) in [5.74, 6) is 0.793. The quantitative estimate of drug-likeness (QED) is 0.794. The number of ether oxygens (including phenoxy) is 1. The van der Waals surface area contributed by atoms with Crippen LogP contribution in [0.2, 0.25) is 0 Å². The Bertz CT molecular complexity index is 569. The molecule has 2 aromatic carbocycles. The van der Waals surface area contributed by atoms with Crippen LogP contribution in [0.4, 0.5) is 0 Å². The zero-order valence-corrected chi connectivity index (χ0v) is 13.9. The molecule has 0 heterocycles. The van der Waals surface area contributed by atoms with E-state index in [-0.39, 0.29) is 0 Å². The summed E-state index contributed by atoms with van der Waals surface area (Å²) in [6.07, 6.45) is 1.41. The van der Waals surface area contributed by atoms with Crippen LogP contribution in [0.1, 0.15) is 24.2 Å². The summed E-state index contributed by atoms with van der Waals surface area (Å²) >= 11 is 5.16. The maximum absolute atomic E-state index is 10.4. The first-order valence-electron chi connectivity index (χ1n) is 6.40. The average molecular weight is 353 g/mol. The van der Waals surface area contributed by atoms with E-state index in [2.05, 4.69) is 15.9 Å². The van der Waals surface area contributed by atoms with E-state index in [1.165, 1.54) is 4.90 Å². The van der Waals surface area contributed by atoms with Crippen molar-refractivity contribution < 1.29 is 9.84 Å². The van der Waals surface area contributed by atoms with E-state index in [0.717, 1.165) is 21.3 Å². The maximum Gasteiger partial charge on any atom is 0.133 e. The number of rotatable bonds is 5. The van der Waals surface area contributed by atoms with Crippen LogP contribution in [-0.4, -0.2) is 18.0 Å². The SMILES string of the molecule is CCOc1ccc(C(O)c2ccc(SC)cc2)cc1Br. The van der Waals surface area contributed by atoms with Crippen LogP contribution in [-0.2, 0) is 0 Å². The fourth-order valence-corrected chi connectivity index (χ4v) is 2.86. The van der Waals surface area contributed by atoms with E-state index < -0.39 is 6.10 Å². The zero-order chi connectivity index (χ0) is 14.5. The fourth-order valence-electron chi connectivity index (χ4n) is 1.94. The van der Waals surface area contributed by atoms with Gasteiger partial charge in [0.1, 0.15) is 11.9 Å². The van der Waals surface area contributed by atoms with Gasteiger partial charge in [-0.15, -0.1) is 11.8 Å². The summed E-state index contributed by atoms with van der Waals surface area (Å²) in [5.41, 5.74) is 1.73. The van der Waals surface area contributed by atoms with Gasteiger partial charge in [-0.1, -0.05) is 18.2 Å². The minimum absolute atomic E-state index is 0.622. The second-order valence-corrected chi connectivity index (χ2v) is 6.03. The van der Waals surface area contributed by atoms with Crippen molar-refractivity contribution in [1.29, 1.82) is 0 Å². The van der Waals surface area contributed by atoms with E-state index >= 15 is 0 Å². The van der Waals surface area contributed by atoms with Gasteiger partial charge in [0.2, 0.25) is 0 Å². The molecule has 0 radical (unpaired) electrons. The van der Waals surface area contributed by atoms with Crippen molar-refractivity contribution in [3.05, 3.63) is 58.1 Å². The standard InChI is InChI=1S/C16H17BrO2S/c1-3-19-15-9-6-12(10-14(15)17)16(18)11-4-7-13(20-2)8-5-11/h4-10,16,18H,3H2,1-2H3. The third-order valence-corrected chi connectivity index (χ3v) is 4.37. The molecular formula is C16H17BrO2S. The summed E-state index contributed by atoms with van der Waals surface area (Å²) in [6, 6.07) is 13.6. The van der Waals surface area contributed by atoms with Gasteiger partial charge in [0.15, 0.2) is 0 Å².